The minimum Gasteiger partial charge on any atom is -0.493 e. The first-order chi connectivity index (χ1) is 16.5. The van der Waals surface area contributed by atoms with E-state index in [0.29, 0.717) is 28.3 Å². The number of nitrogen functional groups attached to an aromatic ring is 1. The molecule has 0 spiro atoms. The Balaban J connectivity index is 1.44. The Morgan fingerprint density at radius 2 is 2.09 bits per heavy atom. The van der Waals surface area contributed by atoms with E-state index in [4.69, 9.17) is 15.2 Å². The van der Waals surface area contributed by atoms with Crippen molar-refractivity contribution >= 4 is 17.9 Å². The lowest BCUT2D eigenvalue weighted by atomic mass is 10.2. The number of carbonyl (C=O) groups is 1. The molecular weight excluding hydrogens is 447 g/mol. The predicted molar refractivity (Wildman–Crippen MR) is 117 cm³/mol. The van der Waals surface area contributed by atoms with E-state index in [1.54, 1.807) is 43.3 Å². The number of hydrogen-bond donors (Lipinski definition) is 2. The maximum absolute atomic E-state index is 13.8. The number of nitrogens with zero attached hydrogens (tertiary/aromatic N) is 6. The molecule has 0 saturated carbocycles. The van der Waals surface area contributed by atoms with E-state index in [2.05, 4.69) is 35.8 Å². The molecule has 174 valence electrons. The van der Waals surface area contributed by atoms with Crippen molar-refractivity contribution in [3.05, 3.63) is 70.8 Å². The normalized spacial score (nSPS) is 11.0. The van der Waals surface area contributed by atoms with Crippen LogP contribution in [0, 0.1) is 12.7 Å². The average Bonchev–Trinajstić information content (AvgIpc) is 3.43. The van der Waals surface area contributed by atoms with Gasteiger partial charge in [0.25, 0.3) is 5.91 Å². The van der Waals surface area contributed by atoms with E-state index >= 15 is 0 Å². The van der Waals surface area contributed by atoms with Gasteiger partial charge in [-0.2, -0.15) is 9.78 Å². The number of anilines is 1. The smallest absolute Gasteiger partial charge is 0.292 e. The van der Waals surface area contributed by atoms with Crippen LogP contribution in [0.5, 0.6) is 11.5 Å². The van der Waals surface area contributed by atoms with Crippen molar-refractivity contribution < 1.29 is 23.3 Å². The van der Waals surface area contributed by atoms with Gasteiger partial charge in [0, 0.05) is 5.56 Å². The Bertz CT molecular complexity index is 1350. The van der Waals surface area contributed by atoms with Gasteiger partial charge in [0.05, 0.1) is 19.0 Å². The zero-order valence-corrected chi connectivity index (χ0v) is 18.1. The van der Waals surface area contributed by atoms with Crippen LogP contribution in [-0.4, -0.2) is 44.5 Å². The molecule has 0 saturated heterocycles. The lowest BCUT2D eigenvalue weighted by Gasteiger charge is -2.11. The number of methoxy groups -OCH3 is 1. The van der Waals surface area contributed by atoms with Crippen LogP contribution in [0.4, 0.5) is 10.2 Å². The highest BCUT2D eigenvalue weighted by atomic mass is 19.1. The molecule has 4 rings (SSSR count). The second-order valence-electron chi connectivity index (χ2n) is 6.90. The molecule has 0 aliphatic heterocycles. The molecule has 0 aliphatic carbocycles. The van der Waals surface area contributed by atoms with Crippen molar-refractivity contribution in [2.75, 3.05) is 12.8 Å². The van der Waals surface area contributed by atoms with Crippen LogP contribution in [0.25, 0.3) is 5.82 Å². The SMILES string of the molecule is COc1cc(/C=N\NC(=O)c2c(C)nnn2-c2nonc2N)ccc1OCc1ccccc1F. The van der Waals surface area contributed by atoms with Crippen LogP contribution >= 0.6 is 0 Å². The maximum atomic E-state index is 13.8. The summed E-state index contributed by atoms with van der Waals surface area (Å²) >= 11 is 0. The number of ether oxygens (including phenoxy) is 2. The summed E-state index contributed by atoms with van der Waals surface area (Å²) in [6.45, 7) is 1.63. The summed E-state index contributed by atoms with van der Waals surface area (Å²) in [7, 11) is 1.48. The summed E-state index contributed by atoms with van der Waals surface area (Å²) in [6.07, 6.45) is 1.41. The summed E-state index contributed by atoms with van der Waals surface area (Å²) in [6, 6.07) is 11.4. The predicted octanol–water partition coefficient (Wildman–Crippen LogP) is 2.03. The number of amides is 1. The average molecular weight is 466 g/mol. The van der Waals surface area contributed by atoms with Gasteiger partial charge in [-0.1, -0.05) is 23.4 Å². The first-order valence-corrected chi connectivity index (χ1v) is 9.86. The minimum atomic E-state index is -0.599. The number of carbonyl (C=O) groups excluding carboxylic acids is 1. The zero-order valence-electron chi connectivity index (χ0n) is 18.1. The largest absolute Gasteiger partial charge is 0.493 e. The van der Waals surface area contributed by atoms with Crippen molar-refractivity contribution in [1.29, 1.82) is 0 Å². The van der Waals surface area contributed by atoms with E-state index in [1.165, 1.54) is 19.4 Å². The number of hydrazone groups is 1. The van der Waals surface area contributed by atoms with E-state index in [0.717, 1.165) is 4.68 Å². The molecule has 0 unspecified atom stereocenters. The van der Waals surface area contributed by atoms with Crippen molar-refractivity contribution in [3.8, 4) is 17.3 Å². The fourth-order valence-electron chi connectivity index (χ4n) is 2.98. The second-order valence-corrected chi connectivity index (χ2v) is 6.90. The summed E-state index contributed by atoms with van der Waals surface area (Å²) in [5.74, 6) is -0.124. The quantitative estimate of drug-likeness (QED) is 0.293. The molecule has 0 radical (unpaired) electrons. The lowest BCUT2D eigenvalue weighted by Crippen LogP contribution is -2.22. The third kappa shape index (κ3) is 4.67. The fourth-order valence-corrected chi connectivity index (χ4v) is 2.98. The standard InChI is InChI=1S/C21H19FN8O4/c1-12-18(30(29-25-12)20-19(23)27-34-28-20)21(31)26-24-10-13-7-8-16(17(9-13)32-2)33-11-14-5-3-4-6-15(14)22/h3-10H,11H2,1-2H3,(H2,23,27)(H,26,31)/b24-10-. The molecule has 0 atom stereocenters. The van der Waals surface area contributed by atoms with Gasteiger partial charge in [0.15, 0.2) is 17.2 Å². The molecule has 34 heavy (non-hydrogen) atoms. The maximum Gasteiger partial charge on any atom is 0.292 e. The van der Waals surface area contributed by atoms with Crippen molar-refractivity contribution in [2.45, 2.75) is 13.5 Å². The van der Waals surface area contributed by atoms with Crippen LogP contribution in [0.15, 0.2) is 52.2 Å². The van der Waals surface area contributed by atoms with Gasteiger partial charge in [-0.3, -0.25) is 4.79 Å². The summed E-state index contributed by atoms with van der Waals surface area (Å²) < 4.78 is 30.5. The molecule has 12 nitrogen and oxygen atoms in total. The van der Waals surface area contributed by atoms with Crippen molar-refractivity contribution in [3.63, 3.8) is 0 Å². The number of hydrogen-bond acceptors (Lipinski definition) is 10. The molecule has 2 aromatic heterocycles. The van der Waals surface area contributed by atoms with E-state index < -0.39 is 5.91 Å². The van der Waals surface area contributed by atoms with Crippen LogP contribution in [0.1, 0.15) is 27.3 Å². The highest BCUT2D eigenvalue weighted by molar-refractivity contribution is 5.94. The first kappa shape index (κ1) is 22.4. The first-order valence-electron chi connectivity index (χ1n) is 9.86. The van der Waals surface area contributed by atoms with Gasteiger partial charge in [-0.15, -0.1) is 5.10 Å². The number of nitrogens with two attached hydrogens (primary N) is 1. The van der Waals surface area contributed by atoms with Gasteiger partial charge < -0.3 is 15.2 Å². The van der Waals surface area contributed by atoms with Crippen LogP contribution in [0.3, 0.4) is 0 Å². The van der Waals surface area contributed by atoms with E-state index in [-0.39, 0.29) is 29.8 Å². The number of nitrogens with one attached hydrogen (secondary N) is 1. The highest BCUT2D eigenvalue weighted by Gasteiger charge is 2.22. The zero-order chi connectivity index (χ0) is 24.1. The van der Waals surface area contributed by atoms with Gasteiger partial charge in [0.2, 0.25) is 11.6 Å². The Hall–Kier alpha value is -4.81. The number of benzene rings is 2. The van der Waals surface area contributed by atoms with Gasteiger partial charge in [0.1, 0.15) is 12.4 Å². The Labute approximate surface area is 192 Å². The Morgan fingerprint density at radius 3 is 2.82 bits per heavy atom. The minimum absolute atomic E-state index is 0.0328. The molecule has 0 aliphatic rings. The van der Waals surface area contributed by atoms with Gasteiger partial charge in [-0.05, 0) is 47.1 Å². The Morgan fingerprint density at radius 1 is 1.26 bits per heavy atom. The monoisotopic (exact) mass is 466 g/mol. The highest BCUT2D eigenvalue weighted by Crippen LogP contribution is 2.28. The van der Waals surface area contributed by atoms with Crippen molar-refractivity contribution in [1.82, 2.24) is 30.7 Å². The molecule has 4 aromatic rings. The molecule has 0 bridgehead atoms. The summed E-state index contributed by atoms with van der Waals surface area (Å²) in [4.78, 5) is 12.6. The van der Waals surface area contributed by atoms with Crippen LogP contribution < -0.4 is 20.6 Å². The number of halogens is 1. The molecular formula is C21H19FN8O4. The van der Waals surface area contributed by atoms with Crippen molar-refractivity contribution in [2.24, 2.45) is 5.10 Å². The van der Waals surface area contributed by atoms with Gasteiger partial charge >= 0.3 is 0 Å². The number of aromatic nitrogens is 5. The summed E-state index contributed by atoms with van der Waals surface area (Å²) in [5.41, 5.74) is 9.49. The molecule has 0 fully saturated rings. The Kier molecular flexibility index (Phi) is 6.43. The molecule has 2 heterocycles. The number of rotatable bonds is 8. The van der Waals surface area contributed by atoms with Gasteiger partial charge in [-0.25, -0.2) is 14.4 Å². The number of aryl methyl sites for hydroxylation is 1. The second kappa shape index (κ2) is 9.77. The third-order valence-electron chi connectivity index (χ3n) is 4.66. The van der Waals surface area contributed by atoms with Crippen LogP contribution in [0.2, 0.25) is 0 Å². The lowest BCUT2D eigenvalue weighted by molar-refractivity contribution is 0.0946. The topological polar surface area (TPSA) is 156 Å². The van der Waals surface area contributed by atoms with E-state index in [9.17, 15) is 9.18 Å². The molecule has 1 amide bonds. The summed E-state index contributed by atoms with van der Waals surface area (Å²) in [5, 5.41) is 18.7. The molecule has 13 heteroatoms. The van der Waals surface area contributed by atoms with E-state index in [1.807, 2.05) is 0 Å². The third-order valence-corrected chi connectivity index (χ3v) is 4.66. The fraction of sp³-hybridized carbons (Fsp3) is 0.143. The molecule has 3 N–H and O–H groups in total. The van der Waals surface area contributed by atoms with Crippen LogP contribution in [-0.2, 0) is 6.61 Å². The molecule has 2 aromatic carbocycles.